The molecule has 1 aromatic carbocycles. The quantitative estimate of drug-likeness (QED) is 0.892. The number of amides is 1. The SMILES string of the molecule is C[C@H]1c2cccc(C(O)(CF)CF)c2CCN1C(=O)Cc1ccncc1. The average Bonchev–Trinajstić information content (AvgIpc) is 2.68. The van der Waals surface area contributed by atoms with Gasteiger partial charge in [-0.3, -0.25) is 9.78 Å². The Hall–Kier alpha value is -2.34. The predicted octanol–water partition coefficient (Wildman–Crippen LogP) is 2.90. The summed E-state index contributed by atoms with van der Waals surface area (Å²) in [6.07, 6.45) is 4.04. The molecule has 0 saturated carbocycles. The summed E-state index contributed by atoms with van der Waals surface area (Å²) < 4.78 is 26.6. The standard InChI is InChI=1S/C20H22F2N2O2/c1-14-16-3-2-4-18(20(26,12-21)13-22)17(16)7-10-24(14)19(25)11-15-5-8-23-9-6-15/h2-6,8-9,14,26H,7,10-13H2,1H3/t14-/m0/s1. The summed E-state index contributed by atoms with van der Waals surface area (Å²) in [5.74, 6) is -0.00834. The lowest BCUT2D eigenvalue weighted by Crippen LogP contribution is -2.41. The van der Waals surface area contributed by atoms with Crippen LogP contribution in [0.15, 0.2) is 42.7 Å². The van der Waals surface area contributed by atoms with E-state index in [1.807, 2.05) is 13.0 Å². The molecule has 0 spiro atoms. The van der Waals surface area contributed by atoms with E-state index >= 15 is 0 Å². The highest BCUT2D eigenvalue weighted by molar-refractivity contribution is 5.79. The molecule has 0 fully saturated rings. The van der Waals surface area contributed by atoms with Crippen molar-refractivity contribution in [3.05, 3.63) is 65.0 Å². The van der Waals surface area contributed by atoms with E-state index in [2.05, 4.69) is 4.98 Å². The number of pyridine rings is 1. The molecule has 3 rings (SSSR count). The number of aromatic nitrogens is 1. The third-order valence-electron chi connectivity index (χ3n) is 5.10. The number of hydrogen-bond acceptors (Lipinski definition) is 3. The van der Waals surface area contributed by atoms with Crippen LogP contribution >= 0.6 is 0 Å². The molecule has 4 nitrogen and oxygen atoms in total. The topological polar surface area (TPSA) is 53.4 Å². The normalized spacial score (nSPS) is 17.1. The molecule has 0 unspecified atom stereocenters. The zero-order valence-electron chi connectivity index (χ0n) is 14.7. The lowest BCUT2D eigenvalue weighted by molar-refractivity contribution is -0.133. The summed E-state index contributed by atoms with van der Waals surface area (Å²) in [4.78, 5) is 18.4. The smallest absolute Gasteiger partial charge is 0.227 e. The third kappa shape index (κ3) is 3.33. The third-order valence-corrected chi connectivity index (χ3v) is 5.10. The Morgan fingerprint density at radius 3 is 2.62 bits per heavy atom. The monoisotopic (exact) mass is 360 g/mol. The molecule has 6 heteroatoms. The van der Waals surface area contributed by atoms with Crippen molar-refractivity contribution < 1.29 is 18.7 Å². The number of carbonyl (C=O) groups excluding carboxylic acids is 1. The molecule has 2 aromatic rings. The minimum absolute atomic E-state index is 0.00834. The molecule has 0 bridgehead atoms. The maximum Gasteiger partial charge on any atom is 0.227 e. The first kappa shape index (κ1) is 18.5. The van der Waals surface area contributed by atoms with E-state index < -0.39 is 19.0 Å². The molecule has 0 aliphatic carbocycles. The van der Waals surface area contributed by atoms with Crippen LogP contribution in [-0.2, 0) is 23.2 Å². The van der Waals surface area contributed by atoms with Crippen molar-refractivity contribution >= 4 is 5.91 Å². The van der Waals surface area contributed by atoms with Crippen LogP contribution in [0, 0.1) is 0 Å². The number of hydrogen-bond donors (Lipinski definition) is 1. The van der Waals surface area contributed by atoms with Crippen LogP contribution in [0.5, 0.6) is 0 Å². The molecule has 1 amide bonds. The highest BCUT2D eigenvalue weighted by Crippen LogP contribution is 2.36. The zero-order chi connectivity index (χ0) is 18.7. The number of benzene rings is 1. The first-order valence-electron chi connectivity index (χ1n) is 8.65. The first-order chi connectivity index (χ1) is 12.5. The van der Waals surface area contributed by atoms with Crippen molar-refractivity contribution in [3.8, 4) is 0 Å². The minimum Gasteiger partial charge on any atom is -0.380 e. The maximum atomic E-state index is 13.3. The Morgan fingerprint density at radius 1 is 1.27 bits per heavy atom. The second kappa shape index (κ2) is 7.50. The van der Waals surface area contributed by atoms with Gasteiger partial charge in [0.15, 0.2) is 0 Å². The molecule has 26 heavy (non-hydrogen) atoms. The van der Waals surface area contributed by atoms with Crippen molar-refractivity contribution in [1.82, 2.24) is 9.88 Å². The van der Waals surface area contributed by atoms with E-state index in [4.69, 9.17) is 0 Å². The second-order valence-electron chi connectivity index (χ2n) is 6.72. The Bertz CT molecular complexity index is 779. The van der Waals surface area contributed by atoms with Gasteiger partial charge in [0.05, 0.1) is 12.5 Å². The van der Waals surface area contributed by atoms with Crippen LogP contribution in [0.25, 0.3) is 0 Å². The lowest BCUT2D eigenvalue weighted by Gasteiger charge is -2.38. The largest absolute Gasteiger partial charge is 0.380 e. The summed E-state index contributed by atoms with van der Waals surface area (Å²) in [7, 11) is 0. The first-order valence-corrected chi connectivity index (χ1v) is 8.65. The molecule has 0 radical (unpaired) electrons. The zero-order valence-corrected chi connectivity index (χ0v) is 14.7. The highest BCUT2D eigenvalue weighted by Gasteiger charge is 2.36. The van der Waals surface area contributed by atoms with E-state index in [0.717, 1.165) is 16.7 Å². The van der Waals surface area contributed by atoms with E-state index in [9.17, 15) is 18.7 Å². The number of nitrogens with zero attached hydrogens (tertiary/aromatic N) is 2. The van der Waals surface area contributed by atoms with Crippen molar-refractivity contribution in [1.29, 1.82) is 0 Å². The molecule has 138 valence electrons. The second-order valence-corrected chi connectivity index (χ2v) is 6.72. The van der Waals surface area contributed by atoms with Gasteiger partial charge in [-0.1, -0.05) is 18.2 Å². The fraction of sp³-hybridized carbons (Fsp3) is 0.400. The van der Waals surface area contributed by atoms with Crippen molar-refractivity contribution in [2.24, 2.45) is 0 Å². The fourth-order valence-electron chi connectivity index (χ4n) is 3.60. The van der Waals surface area contributed by atoms with Gasteiger partial charge in [0, 0.05) is 18.9 Å². The summed E-state index contributed by atoms with van der Waals surface area (Å²) >= 11 is 0. The number of alkyl halides is 2. The van der Waals surface area contributed by atoms with Crippen LogP contribution in [0.2, 0.25) is 0 Å². The van der Waals surface area contributed by atoms with Crippen LogP contribution < -0.4 is 0 Å². The average molecular weight is 360 g/mol. The van der Waals surface area contributed by atoms with E-state index in [-0.39, 0.29) is 23.9 Å². The molecular weight excluding hydrogens is 338 g/mol. The Kier molecular flexibility index (Phi) is 5.32. The molecule has 0 saturated heterocycles. The highest BCUT2D eigenvalue weighted by atomic mass is 19.1. The van der Waals surface area contributed by atoms with Gasteiger partial charge in [0.2, 0.25) is 5.91 Å². The molecule has 2 heterocycles. The lowest BCUT2D eigenvalue weighted by atomic mass is 9.83. The Morgan fingerprint density at radius 2 is 1.96 bits per heavy atom. The number of rotatable bonds is 5. The molecule has 1 N–H and O–H groups in total. The van der Waals surface area contributed by atoms with Gasteiger partial charge in [-0.2, -0.15) is 0 Å². The van der Waals surface area contributed by atoms with Crippen LogP contribution in [0.3, 0.4) is 0 Å². The van der Waals surface area contributed by atoms with E-state index in [1.54, 1.807) is 41.6 Å². The van der Waals surface area contributed by atoms with E-state index in [0.29, 0.717) is 13.0 Å². The number of halogens is 2. The molecule has 1 aromatic heterocycles. The minimum atomic E-state index is -2.12. The van der Waals surface area contributed by atoms with Gasteiger partial charge in [0.1, 0.15) is 19.0 Å². The van der Waals surface area contributed by atoms with Gasteiger partial charge in [-0.05, 0) is 47.7 Å². The molecular formula is C20H22F2N2O2. The Labute approximate surface area is 151 Å². The summed E-state index contributed by atoms with van der Waals surface area (Å²) in [6, 6.07) is 8.49. The summed E-state index contributed by atoms with van der Waals surface area (Å²) in [5.41, 5.74) is 0.630. The summed E-state index contributed by atoms with van der Waals surface area (Å²) in [6.45, 7) is -0.0159. The van der Waals surface area contributed by atoms with Gasteiger partial charge in [-0.25, -0.2) is 8.78 Å². The maximum absolute atomic E-state index is 13.3. The van der Waals surface area contributed by atoms with Crippen LogP contribution in [0.1, 0.15) is 35.2 Å². The van der Waals surface area contributed by atoms with Crippen molar-refractivity contribution in [3.63, 3.8) is 0 Å². The van der Waals surface area contributed by atoms with Gasteiger partial charge in [-0.15, -0.1) is 0 Å². The fourth-order valence-corrected chi connectivity index (χ4v) is 3.60. The Balaban J connectivity index is 1.87. The molecule has 1 aliphatic rings. The van der Waals surface area contributed by atoms with E-state index in [1.165, 1.54) is 0 Å². The van der Waals surface area contributed by atoms with Crippen LogP contribution in [0.4, 0.5) is 8.78 Å². The molecule has 1 atom stereocenters. The van der Waals surface area contributed by atoms with Crippen molar-refractivity contribution in [2.45, 2.75) is 31.4 Å². The number of aliphatic hydroxyl groups is 1. The van der Waals surface area contributed by atoms with Gasteiger partial charge in [0.25, 0.3) is 0 Å². The van der Waals surface area contributed by atoms with Gasteiger partial charge >= 0.3 is 0 Å². The number of fused-ring (bicyclic) bond motifs is 1. The predicted molar refractivity (Wildman–Crippen MR) is 94.1 cm³/mol. The van der Waals surface area contributed by atoms with Crippen LogP contribution in [-0.4, -0.2) is 40.8 Å². The van der Waals surface area contributed by atoms with Crippen molar-refractivity contribution in [2.75, 3.05) is 19.9 Å². The summed E-state index contributed by atoms with van der Waals surface area (Å²) in [5, 5.41) is 10.3. The van der Waals surface area contributed by atoms with Gasteiger partial charge < -0.3 is 10.0 Å². The molecule has 1 aliphatic heterocycles. The number of carbonyl (C=O) groups is 1.